The van der Waals surface area contributed by atoms with Crippen LogP contribution in [-0.2, 0) is 9.59 Å². The molecule has 2 amide bonds. The van der Waals surface area contributed by atoms with Crippen LogP contribution in [0.15, 0.2) is 65.3 Å². The summed E-state index contributed by atoms with van der Waals surface area (Å²) >= 11 is 0. The van der Waals surface area contributed by atoms with E-state index in [4.69, 9.17) is 0 Å². The minimum absolute atomic E-state index is 0.177. The van der Waals surface area contributed by atoms with Gasteiger partial charge in [-0.25, -0.2) is 0 Å². The van der Waals surface area contributed by atoms with Gasteiger partial charge < -0.3 is 4.90 Å². The first-order valence-electron chi connectivity index (χ1n) is 7.66. The molecular weight excluding hydrogens is 302 g/mol. The van der Waals surface area contributed by atoms with E-state index in [1.807, 2.05) is 54.6 Å². The Balaban J connectivity index is 1.89. The van der Waals surface area contributed by atoms with E-state index < -0.39 is 0 Å². The van der Waals surface area contributed by atoms with E-state index in [1.165, 1.54) is 5.01 Å². The monoisotopic (exact) mass is 317 g/mol. The number of likely N-dealkylation sites (N-methyl/N-ethyl adjacent to an activating group) is 1. The summed E-state index contributed by atoms with van der Waals surface area (Å²) in [5.74, 6) is -0.448. The lowest BCUT2D eigenvalue weighted by atomic mass is 9.98. The highest BCUT2D eigenvalue weighted by atomic mass is 16.2. The molecule has 0 saturated heterocycles. The second-order valence-electron chi connectivity index (χ2n) is 5.77. The Morgan fingerprint density at radius 1 is 0.833 bits per heavy atom. The van der Waals surface area contributed by atoms with Crippen LogP contribution < -0.4 is 9.91 Å². The van der Waals surface area contributed by atoms with E-state index >= 15 is 0 Å². The maximum Gasteiger partial charge on any atom is 0.281 e. The number of carbonyl (C=O) groups excluding carboxylic acids is 2. The van der Waals surface area contributed by atoms with Crippen molar-refractivity contribution >= 4 is 34.5 Å². The fourth-order valence-corrected chi connectivity index (χ4v) is 3.15. The van der Waals surface area contributed by atoms with E-state index in [2.05, 4.69) is 5.10 Å². The number of rotatable bonds is 1. The van der Waals surface area contributed by atoms with Crippen molar-refractivity contribution in [3.63, 3.8) is 0 Å². The van der Waals surface area contributed by atoms with Crippen molar-refractivity contribution in [2.45, 2.75) is 6.92 Å². The number of fused-ring (bicyclic) bond motifs is 1. The summed E-state index contributed by atoms with van der Waals surface area (Å²) in [7, 11) is 1.72. The summed E-state index contributed by atoms with van der Waals surface area (Å²) in [6, 6.07) is 16.7. The van der Waals surface area contributed by atoms with Crippen LogP contribution in [0.25, 0.3) is 5.57 Å². The van der Waals surface area contributed by atoms with E-state index in [-0.39, 0.29) is 11.8 Å². The molecule has 2 aliphatic heterocycles. The SMILES string of the molecule is CC1=NN(c2ccccc2)C(=O)/C1=C1/C(=O)N(C)c2ccccc21. The molecule has 0 unspecified atom stereocenters. The molecule has 2 aromatic carbocycles. The van der Waals surface area contributed by atoms with Gasteiger partial charge in [0.25, 0.3) is 11.8 Å². The van der Waals surface area contributed by atoms with Crippen LogP contribution in [0.2, 0.25) is 0 Å². The third kappa shape index (κ3) is 1.91. The lowest BCUT2D eigenvalue weighted by Crippen LogP contribution is -2.25. The zero-order chi connectivity index (χ0) is 16.8. The molecule has 0 spiro atoms. The number of nitrogens with zero attached hydrogens (tertiary/aromatic N) is 3. The molecule has 0 atom stereocenters. The van der Waals surface area contributed by atoms with Crippen molar-refractivity contribution in [3.05, 3.63) is 65.7 Å². The highest BCUT2D eigenvalue weighted by molar-refractivity contribution is 6.45. The molecule has 0 radical (unpaired) electrons. The molecule has 2 aliphatic rings. The normalized spacial score (nSPS) is 19.8. The molecule has 5 nitrogen and oxygen atoms in total. The van der Waals surface area contributed by atoms with E-state index in [0.717, 1.165) is 11.3 Å². The maximum atomic E-state index is 12.9. The standard InChI is InChI=1S/C19H15N3O2/c1-12-16(19(24)22(20-12)13-8-4-3-5-9-13)17-14-10-6-7-11-15(14)21(2)18(17)23/h3-11H,1-2H3/b17-16+. The molecule has 5 heteroatoms. The highest BCUT2D eigenvalue weighted by Gasteiger charge is 2.39. The smallest absolute Gasteiger partial charge is 0.281 e. The van der Waals surface area contributed by atoms with Crippen LogP contribution >= 0.6 is 0 Å². The number of anilines is 2. The Labute approximate surface area is 139 Å². The van der Waals surface area contributed by atoms with Crippen molar-refractivity contribution in [1.82, 2.24) is 0 Å². The maximum absolute atomic E-state index is 12.9. The van der Waals surface area contributed by atoms with Gasteiger partial charge in [-0.05, 0) is 25.1 Å². The molecule has 2 aromatic rings. The Morgan fingerprint density at radius 3 is 2.25 bits per heavy atom. The minimum atomic E-state index is -0.271. The first-order chi connectivity index (χ1) is 11.6. The largest absolute Gasteiger partial charge is 0.311 e. The molecule has 0 saturated carbocycles. The molecule has 0 N–H and O–H groups in total. The minimum Gasteiger partial charge on any atom is -0.311 e. The zero-order valence-electron chi connectivity index (χ0n) is 13.4. The lowest BCUT2D eigenvalue weighted by molar-refractivity contribution is -0.115. The summed E-state index contributed by atoms with van der Waals surface area (Å²) in [4.78, 5) is 27.2. The summed E-state index contributed by atoms with van der Waals surface area (Å²) in [6.45, 7) is 1.76. The van der Waals surface area contributed by atoms with Crippen LogP contribution in [0.4, 0.5) is 11.4 Å². The van der Waals surface area contributed by atoms with Crippen molar-refractivity contribution in [2.75, 3.05) is 17.0 Å². The van der Waals surface area contributed by atoms with Crippen molar-refractivity contribution in [2.24, 2.45) is 5.10 Å². The van der Waals surface area contributed by atoms with Crippen LogP contribution in [0.1, 0.15) is 12.5 Å². The lowest BCUT2D eigenvalue weighted by Gasteiger charge is -2.12. The molecule has 4 rings (SSSR count). The Morgan fingerprint density at radius 2 is 1.50 bits per heavy atom. The third-order valence-electron chi connectivity index (χ3n) is 4.32. The van der Waals surface area contributed by atoms with Crippen LogP contribution in [0.5, 0.6) is 0 Å². The average molecular weight is 317 g/mol. The van der Waals surface area contributed by atoms with Crippen LogP contribution in [-0.4, -0.2) is 24.6 Å². The van der Waals surface area contributed by atoms with Crippen LogP contribution in [0, 0.1) is 0 Å². The molecule has 0 fully saturated rings. The van der Waals surface area contributed by atoms with E-state index in [9.17, 15) is 9.59 Å². The van der Waals surface area contributed by atoms with E-state index in [0.29, 0.717) is 22.5 Å². The van der Waals surface area contributed by atoms with Gasteiger partial charge in [0, 0.05) is 12.6 Å². The topological polar surface area (TPSA) is 53.0 Å². The quantitative estimate of drug-likeness (QED) is 0.760. The van der Waals surface area contributed by atoms with Gasteiger partial charge in [0.15, 0.2) is 0 Å². The van der Waals surface area contributed by atoms with Gasteiger partial charge in [0.05, 0.1) is 28.2 Å². The van der Waals surface area contributed by atoms with Crippen molar-refractivity contribution in [3.8, 4) is 0 Å². The second kappa shape index (κ2) is 5.16. The zero-order valence-corrected chi connectivity index (χ0v) is 13.4. The number of hydrazone groups is 1. The highest BCUT2D eigenvalue weighted by Crippen LogP contribution is 2.39. The predicted octanol–water partition coefficient (Wildman–Crippen LogP) is 2.84. The number of benzene rings is 2. The molecule has 0 bridgehead atoms. The van der Waals surface area contributed by atoms with Gasteiger partial charge in [-0.2, -0.15) is 10.1 Å². The van der Waals surface area contributed by atoms with Gasteiger partial charge >= 0.3 is 0 Å². The number of hydrogen-bond acceptors (Lipinski definition) is 3. The number of hydrogen-bond donors (Lipinski definition) is 0. The van der Waals surface area contributed by atoms with Crippen molar-refractivity contribution < 1.29 is 9.59 Å². The van der Waals surface area contributed by atoms with Gasteiger partial charge in [0.1, 0.15) is 0 Å². The number of amides is 2. The predicted molar refractivity (Wildman–Crippen MR) is 93.8 cm³/mol. The van der Waals surface area contributed by atoms with Gasteiger partial charge in [-0.1, -0.05) is 36.4 Å². The first kappa shape index (κ1) is 14.4. The Kier molecular flexibility index (Phi) is 3.09. The van der Waals surface area contributed by atoms with Gasteiger partial charge in [-0.3, -0.25) is 9.59 Å². The van der Waals surface area contributed by atoms with Gasteiger partial charge in [-0.15, -0.1) is 0 Å². The first-order valence-corrected chi connectivity index (χ1v) is 7.66. The Hall–Kier alpha value is -3.21. The summed E-state index contributed by atoms with van der Waals surface area (Å²) in [5, 5.41) is 5.72. The third-order valence-corrected chi connectivity index (χ3v) is 4.32. The fourth-order valence-electron chi connectivity index (χ4n) is 3.15. The molecule has 24 heavy (non-hydrogen) atoms. The second-order valence-corrected chi connectivity index (χ2v) is 5.77. The summed E-state index contributed by atoms with van der Waals surface area (Å²) < 4.78 is 0. The molecular formula is C19H15N3O2. The molecule has 118 valence electrons. The van der Waals surface area contributed by atoms with Crippen LogP contribution in [0.3, 0.4) is 0 Å². The number of carbonyl (C=O) groups is 2. The molecule has 0 aromatic heterocycles. The number of para-hydroxylation sites is 2. The molecule has 0 aliphatic carbocycles. The van der Waals surface area contributed by atoms with Crippen molar-refractivity contribution in [1.29, 1.82) is 0 Å². The summed E-state index contributed by atoms with van der Waals surface area (Å²) in [6.07, 6.45) is 0. The summed E-state index contributed by atoms with van der Waals surface area (Å²) in [5.41, 5.74) is 3.63. The molecule has 2 heterocycles. The van der Waals surface area contributed by atoms with E-state index in [1.54, 1.807) is 18.9 Å². The van der Waals surface area contributed by atoms with Gasteiger partial charge in [0.2, 0.25) is 0 Å². The average Bonchev–Trinajstić information content (AvgIpc) is 3.03. The fraction of sp³-hybridized carbons (Fsp3) is 0.105. The Bertz CT molecular complexity index is 929.